The lowest BCUT2D eigenvalue weighted by molar-refractivity contribution is 0.0552. The van der Waals surface area contributed by atoms with Crippen LogP contribution in [-0.2, 0) is 0 Å². The Bertz CT molecular complexity index is 218. The molecule has 1 aliphatic heterocycles. The number of hydrogen-bond donors (Lipinski definition) is 2. The highest BCUT2D eigenvalue weighted by atomic mass is 16.3. The van der Waals surface area contributed by atoms with Gasteiger partial charge in [0.05, 0.1) is 5.60 Å². The lowest BCUT2D eigenvalue weighted by Gasteiger charge is -2.35. The largest absolute Gasteiger partial charge is 0.389 e. The molecule has 1 heterocycles. The smallest absolute Gasteiger partial charge is 0.0741 e. The van der Waals surface area contributed by atoms with Crippen LogP contribution in [0.3, 0.4) is 0 Å². The molecule has 17 heavy (non-hydrogen) atoms. The van der Waals surface area contributed by atoms with Crippen molar-refractivity contribution in [1.82, 2.24) is 4.90 Å². The summed E-state index contributed by atoms with van der Waals surface area (Å²) in [6.45, 7) is 10.6. The first kappa shape index (κ1) is 14.9. The van der Waals surface area contributed by atoms with E-state index in [4.69, 9.17) is 5.73 Å². The maximum Gasteiger partial charge on any atom is 0.0741 e. The van der Waals surface area contributed by atoms with Gasteiger partial charge in [-0.3, -0.25) is 0 Å². The van der Waals surface area contributed by atoms with Gasteiger partial charge in [-0.2, -0.15) is 0 Å². The van der Waals surface area contributed by atoms with Crippen LogP contribution in [0.2, 0.25) is 0 Å². The Morgan fingerprint density at radius 2 is 2.00 bits per heavy atom. The lowest BCUT2D eigenvalue weighted by Crippen LogP contribution is -2.39. The van der Waals surface area contributed by atoms with Crippen molar-refractivity contribution in [1.29, 1.82) is 0 Å². The van der Waals surface area contributed by atoms with Gasteiger partial charge in [0.1, 0.15) is 0 Å². The summed E-state index contributed by atoms with van der Waals surface area (Å²) in [5.74, 6) is 1.71. The summed E-state index contributed by atoms with van der Waals surface area (Å²) >= 11 is 0. The molecule has 0 aromatic heterocycles. The fraction of sp³-hybridized carbons (Fsp3) is 1.00. The van der Waals surface area contributed by atoms with E-state index >= 15 is 0 Å². The third-order valence-electron chi connectivity index (χ3n) is 4.30. The highest BCUT2D eigenvalue weighted by Crippen LogP contribution is 2.22. The summed E-state index contributed by atoms with van der Waals surface area (Å²) < 4.78 is 0. The normalized spacial score (nSPS) is 30.2. The summed E-state index contributed by atoms with van der Waals surface area (Å²) in [5.41, 5.74) is 4.84. The van der Waals surface area contributed by atoms with E-state index in [1.54, 1.807) is 0 Å². The second kappa shape index (κ2) is 6.72. The van der Waals surface area contributed by atoms with Crippen molar-refractivity contribution in [2.75, 3.05) is 26.2 Å². The van der Waals surface area contributed by atoms with Crippen LogP contribution in [0.4, 0.5) is 0 Å². The molecule has 3 unspecified atom stereocenters. The van der Waals surface area contributed by atoms with Crippen LogP contribution < -0.4 is 5.73 Å². The van der Waals surface area contributed by atoms with Crippen LogP contribution in [-0.4, -0.2) is 41.8 Å². The zero-order valence-electron chi connectivity index (χ0n) is 11.8. The zero-order valence-corrected chi connectivity index (χ0v) is 11.8. The average molecular weight is 242 g/mol. The predicted molar refractivity (Wildman–Crippen MR) is 72.9 cm³/mol. The molecule has 0 radical (unpaired) electrons. The van der Waals surface area contributed by atoms with E-state index in [0.29, 0.717) is 6.54 Å². The molecule has 0 amide bonds. The van der Waals surface area contributed by atoms with Crippen molar-refractivity contribution in [3.8, 4) is 0 Å². The van der Waals surface area contributed by atoms with Gasteiger partial charge in [0, 0.05) is 13.1 Å². The third kappa shape index (κ3) is 5.36. The van der Waals surface area contributed by atoms with Crippen LogP contribution in [0, 0.1) is 11.8 Å². The molecule has 0 bridgehead atoms. The quantitative estimate of drug-likeness (QED) is 0.699. The van der Waals surface area contributed by atoms with Gasteiger partial charge in [0.25, 0.3) is 0 Å². The minimum absolute atomic E-state index is 0.366. The molecule has 3 atom stereocenters. The molecule has 0 aromatic carbocycles. The molecule has 1 rings (SSSR count). The summed E-state index contributed by atoms with van der Waals surface area (Å²) in [5, 5.41) is 9.80. The number of piperidine rings is 1. The minimum Gasteiger partial charge on any atom is -0.389 e. The monoisotopic (exact) mass is 242 g/mol. The Balaban J connectivity index is 2.11. The maximum absolute atomic E-state index is 9.80. The fourth-order valence-electron chi connectivity index (χ4n) is 2.50. The Kier molecular flexibility index (Phi) is 5.90. The van der Waals surface area contributed by atoms with E-state index in [2.05, 4.69) is 18.7 Å². The van der Waals surface area contributed by atoms with Crippen LogP contribution in [0.5, 0.6) is 0 Å². The van der Waals surface area contributed by atoms with Gasteiger partial charge in [-0.15, -0.1) is 0 Å². The number of nitrogens with two attached hydrogens (primary N) is 1. The molecule has 3 heteroatoms. The molecule has 0 spiro atoms. The summed E-state index contributed by atoms with van der Waals surface area (Å²) in [4.78, 5) is 2.57. The van der Waals surface area contributed by atoms with Crippen molar-refractivity contribution in [3.63, 3.8) is 0 Å². The van der Waals surface area contributed by atoms with Crippen molar-refractivity contribution in [2.24, 2.45) is 17.6 Å². The summed E-state index contributed by atoms with van der Waals surface area (Å²) in [7, 11) is 0. The molecule has 102 valence electrons. The van der Waals surface area contributed by atoms with Gasteiger partial charge in [0.2, 0.25) is 0 Å². The summed E-state index contributed by atoms with van der Waals surface area (Å²) in [6.07, 6.45) is 4.41. The van der Waals surface area contributed by atoms with Gasteiger partial charge in [0.15, 0.2) is 0 Å². The van der Waals surface area contributed by atoms with Gasteiger partial charge in [-0.25, -0.2) is 0 Å². The minimum atomic E-state index is -0.663. The van der Waals surface area contributed by atoms with Crippen LogP contribution >= 0.6 is 0 Å². The van der Waals surface area contributed by atoms with Crippen molar-refractivity contribution in [3.05, 3.63) is 0 Å². The molecule has 1 fully saturated rings. The number of hydrogen-bond acceptors (Lipinski definition) is 3. The highest BCUT2D eigenvalue weighted by Gasteiger charge is 2.22. The molecule has 3 N–H and O–H groups in total. The van der Waals surface area contributed by atoms with Crippen molar-refractivity contribution >= 4 is 0 Å². The van der Waals surface area contributed by atoms with Gasteiger partial charge in [-0.1, -0.05) is 13.8 Å². The molecule has 1 aliphatic rings. The van der Waals surface area contributed by atoms with Crippen molar-refractivity contribution in [2.45, 2.75) is 52.1 Å². The van der Waals surface area contributed by atoms with E-state index < -0.39 is 5.60 Å². The van der Waals surface area contributed by atoms with Crippen molar-refractivity contribution < 1.29 is 5.11 Å². The number of nitrogens with zero attached hydrogens (tertiary/aromatic N) is 1. The predicted octanol–water partition coefficient (Wildman–Crippen LogP) is 1.84. The number of aliphatic hydroxyl groups is 1. The Morgan fingerprint density at radius 3 is 2.59 bits per heavy atom. The van der Waals surface area contributed by atoms with Gasteiger partial charge < -0.3 is 15.7 Å². The first-order chi connectivity index (χ1) is 7.94. The van der Waals surface area contributed by atoms with E-state index in [9.17, 15) is 5.11 Å². The van der Waals surface area contributed by atoms with E-state index in [-0.39, 0.29) is 0 Å². The Morgan fingerprint density at radius 1 is 1.29 bits per heavy atom. The van der Waals surface area contributed by atoms with Gasteiger partial charge in [-0.05, 0) is 57.5 Å². The second-order valence-corrected chi connectivity index (χ2v) is 6.20. The average Bonchev–Trinajstić information content (AvgIpc) is 2.29. The summed E-state index contributed by atoms with van der Waals surface area (Å²) in [6, 6.07) is 0. The first-order valence-electron chi connectivity index (χ1n) is 7.09. The number of likely N-dealkylation sites (tertiary alicyclic amines) is 1. The van der Waals surface area contributed by atoms with E-state index in [1.165, 1.54) is 32.5 Å². The van der Waals surface area contributed by atoms with Gasteiger partial charge >= 0.3 is 0 Å². The molecular formula is C14H30N2O. The Hall–Kier alpha value is -0.120. The second-order valence-electron chi connectivity index (χ2n) is 6.20. The maximum atomic E-state index is 9.80. The van der Waals surface area contributed by atoms with Crippen LogP contribution in [0.1, 0.15) is 46.5 Å². The van der Waals surface area contributed by atoms with Crippen LogP contribution in [0.25, 0.3) is 0 Å². The molecule has 1 saturated heterocycles. The SMILES string of the molecule is CC1CCN(CCCCC(C)(O)CN)CC1C. The number of rotatable bonds is 6. The highest BCUT2D eigenvalue weighted by molar-refractivity contribution is 4.76. The van der Waals surface area contributed by atoms with E-state index in [0.717, 1.165) is 24.7 Å². The molecule has 0 aliphatic carbocycles. The molecular weight excluding hydrogens is 212 g/mol. The van der Waals surface area contributed by atoms with E-state index in [1.807, 2.05) is 6.92 Å². The fourth-order valence-corrected chi connectivity index (χ4v) is 2.50. The molecule has 0 aromatic rings. The third-order valence-corrected chi connectivity index (χ3v) is 4.30. The Labute approximate surface area is 106 Å². The zero-order chi connectivity index (χ0) is 12.9. The lowest BCUT2D eigenvalue weighted by atomic mass is 9.88. The number of unbranched alkanes of at least 4 members (excludes halogenated alkanes) is 1. The first-order valence-corrected chi connectivity index (χ1v) is 7.09. The molecule has 3 nitrogen and oxygen atoms in total. The topological polar surface area (TPSA) is 49.5 Å². The standard InChI is InChI=1S/C14H30N2O/c1-12-6-9-16(10-13(12)2)8-5-4-7-14(3,17)11-15/h12-13,17H,4-11,15H2,1-3H3. The molecule has 0 saturated carbocycles. The van der Waals surface area contributed by atoms with Crippen LogP contribution in [0.15, 0.2) is 0 Å².